The molecular weight excluding hydrogens is 128 g/mol. The van der Waals surface area contributed by atoms with Crippen LogP contribution in [0.25, 0.3) is 0 Å². The van der Waals surface area contributed by atoms with Gasteiger partial charge in [0, 0.05) is 12.4 Å². The lowest BCUT2D eigenvalue weighted by Crippen LogP contribution is -2.22. The van der Waals surface area contributed by atoms with Gasteiger partial charge in [-0.3, -0.25) is 4.68 Å². The smallest absolute Gasteiger partial charge is 0.0700 e. The van der Waals surface area contributed by atoms with Crippen LogP contribution in [-0.4, -0.2) is 22.4 Å². The lowest BCUT2D eigenvalue weighted by atomic mass is 10.4. The van der Waals surface area contributed by atoms with E-state index < -0.39 is 0 Å². The first-order chi connectivity index (χ1) is 4.79. The van der Waals surface area contributed by atoms with Gasteiger partial charge in [-0.15, -0.1) is 0 Å². The first-order valence-corrected chi connectivity index (χ1v) is 3.34. The van der Waals surface area contributed by atoms with Gasteiger partial charge in [0.2, 0.25) is 0 Å². The molecular formula is C7H12N2O. The van der Waals surface area contributed by atoms with Crippen molar-refractivity contribution in [3.63, 3.8) is 0 Å². The number of aliphatic hydroxyl groups is 1. The first-order valence-electron chi connectivity index (χ1n) is 3.34. The quantitative estimate of drug-likeness (QED) is 0.638. The zero-order valence-corrected chi connectivity index (χ0v) is 5.99. The highest BCUT2D eigenvalue weighted by molar-refractivity contribution is 4.93. The molecule has 0 aliphatic carbocycles. The number of hydrogen-bond acceptors (Lipinski definition) is 2. The molecule has 0 saturated heterocycles. The summed E-state index contributed by atoms with van der Waals surface area (Å²) < 4.78 is 1.81. The average molecular weight is 140 g/mol. The van der Waals surface area contributed by atoms with Crippen LogP contribution in [-0.2, 0) is 0 Å². The predicted octanol–water partition coefficient (Wildman–Crippen LogP) is 0.412. The molecule has 3 heteroatoms. The monoisotopic (exact) mass is 140 g/mol. The maximum absolute atomic E-state index is 8.88. The number of rotatable bonds is 3. The van der Waals surface area contributed by atoms with E-state index in [-0.39, 0.29) is 6.10 Å². The van der Waals surface area contributed by atoms with Crippen molar-refractivity contribution in [2.24, 2.45) is 0 Å². The third kappa shape index (κ3) is 2.11. The average Bonchev–Trinajstić information content (AvgIpc) is 2.34. The van der Waals surface area contributed by atoms with Gasteiger partial charge in [0.15, 0.2) is 0 Å². The van der Waals surface area contributed by atoms with E-state index in [0.717, 1.165) is 0 Å². The summed E-state index contributed by atoms with van der Waals surface area (Å²) in [5.74, 6) is 0. The van der Waals surface area contributed by atoms with E-state index in [1.807, 2.05) is 29.2 Å². The van der Waals surface area contributed by atoms with Crippen LogP contribution in [0.2, 0.25) is 0 Å². The lowest BCUT2D eigenvalue weighted by molar-refractivity contribution is 0.204. The molecule has 0 unspecified atom stereocenters. The van der Waals surface area contributed by atoms with Crippen molar-refractivity contribution in [2.75, 3.05) is 12.0 Å². The van der Waals surface area contributed by atoms with Crippen LogP contribution in [0.1, 0.15) is 6.92 Å². The number of nitrogens with zero attached hydrogens (tertiary/aromatic N) is 1. The molecule has 0 fully saturated rings. The Labute approximate surface area is 60.3 Å². The minimum Gasteiger partial charge on any atom is -0.392 e. The molecule has 0 amide bonds. The van der Waals surface area contributed by atoms with Crippen molar-refractivity contribution in [1.29, 1.82) is 0 Å². The van der Waals surface area contributed by atoms with Crippen molar-refractivity contribution in [3.05, 3.63) is 24.5 Å². The Balaban J connectivity index is 2.28. The summed E-state index contributed by atoms with van der Waals surface area (Å²) in [5, 5.41) is 8.88. The maximum Gasteiger partial charge on any atom is 0.0700 e. The normalized spacial score (nSPS) is 13.0. The second-order valence-electron chi connectivity index (χ2n) is 2.30. The molecule has 1 aromatic heterocycles. The van der Waals surface area contributed by atoms with Crippen molar-refractivity contribution in [2.45, 2.75) is 13.0 Å². The summed E-state index contributed by atoms with van der Waals surface area (Å²) >= 11 is 0. The van der Waals surface area contributed by atoms with Crippen LogP contribution < -0.4 is 5.43 Å². The Bertz CT molecular complexity index is 170. The second kappa shape index (κ2) is 3.27. The van der Waals surface area contributed by atoms with Crippen LogP contribution in [0.15, 0.2) is 24.5 Å². The molecule has 0 radical (unpaired) electrons. The zero-order valence-electron chi connectivity index (χ0n) is 5.99. The van der Waals surface area contributed by atoms with Gasteiger partial charge in [-0.05, 0) is 19.1 Å². The van der Waals surface area contributed by atoms with E-state index in [2.05, 4.69) is 5.43 Å². The van der Waals surface area contributed by atoms with Gasteiger partial charge in [0.05, 0.1) is 12.6 Å². The zero-order chi connectivity index (χ0) is 7.40. The summed E-state index contributed by atoms with van der Waals surface area (Å²) in [4.78, 5) is 0. The van der Waals surface area contributed by atoms with Crippen molar-refractivity contribution in [3.8, 4) is 0 Å². The highest BCUT2D eigenvalue weighted by Gasteiger charge is 1.91. The Morgan fingerprint density at radius 3 is 2.60 bits per heavy atom. The number of nitrogens with one attached hydrogen (secondary N) is 1. The van der Waals surface area contributed by atoms with Crippen LogP contribution in [0.5, 0.6) is 0 Å². The Morgan fingerprint density at radius 2 is 2.10 bits per heavy atom. The Morgan fingerprint density at radius 1 is 1.50 bits per heavy atom. The molecule has 0 aromatic carbocycles. The van der Waals surface area contributed by atoms with Gasteiger partial charge >= 0.3 is 0 Å². The summed E-state index contributed by atoms with van der Waals surface area (Å²) in [6.07, 6.45) is 3.48. The molecule has 0 saturated carbocycles. The third-order valence-corrected chi connectivity index (χ3v) is 1.17. The molecule has 1 aromatic rings. The fraction of sp³-hybridized carbons (Fsp3) is 0.429. The van der Waals surface area contributed by atoms with Crippen molar-refractivity contribution in [1.82, 2.24) is 4.68 Å². The molecule has 2 N–H and O–H groups in total. The SMILES string of the molecule is C[C@@H](O)CNn1cccc1. The first kappa shape index (κ1) is 7.15. The summed E-state index contributed by atoms with van der Waals surface area (Å²) in [5.41, 5.74) is 2.99. The van der Waals surface area contributed by atoms with Crippen LogP contribution in [0, 0.1) is 0 Å². The van der Waals surface area contributed by atoms with Crippen molar-refractivity contribution < 1.29 is 5.11 Å². The van der Waals surface area contributed by atoms with Gasteiger partial charge in [-0.1, -0.05) is 0 Å². The van der Waals surface area contributed by atoms with Gasteiger partial charge in [-0.2, -0.15) is 0 Å². The van der Waals surface area contributed by atoms with Gasteiger partial charge in [0.25, 0.3) is 0 Å². The fourth-order valence-electron chi connectivity index (χ4n) is 0.677. The van der Waals surface area contributed by atoms with E-state index in [1.165, 1.54) is 0 Å². The molecule has 0 bridgehead atoms. The molecule has 0 aliphatic heterocycles. The van der Waals surface area contributed by atoms with Gasteiger partial charge < -0.3 is 10.5 Å². The highest BCUT2D eigenvalue weighted by atomic mass is 16.3. The number of aliphatic hydroxyl groups excluding tert-OH is 1. The second-order valence-corrected chi connectivity index (χ2v) is 2.30. The van der Waals surface area contributed by atoms with E-state index in [4.69, 9.17) is 5.11 Å². The molecule has 3 nitrogen and oxygen atoms in total. The minimum atomic E-state index is -0.303. The summed E-state index contributed by atoms with van der Waals surface area (Å²) in [7, 11) is 0. The van der Waals surface area contributed by atoms with E-state index in [9.17, 15) is 0 Å². The molecule has 0 aliphatic rings. The van der Waals surface area contributed by atoms with Crippen LogP contribution in [0.4, 0.5) is 0 Å². The molecule has 56 valence electrons. The van der Waals surface area contributed by atoms with Crippen molar-refractivity contribution >= 4 is 0 Å². The summed E-state index contributed by atoms with van der Waals surface area (Å²) in [6.45, 7) is 2.32. The lowest BCUT2D eigenvalue weighted by Gasteiger charge is -2.08. The molecule has 1 rings (SSSR count). The van der Waals surface area contributed by atoms with Crippen LogP contribution >= 0.6 is 0 Å². The third-order valence-electron chi connectivity index (χ3n) is 1.17. The van der Waals surface area contributed by atoms with Gasteiger partial charge in [0.1, 0.15) is 0 Å². The Kier molecular flexibility index (Phi) is 2.34. The predicted molar refractivity (Wildman–Crippen MR) is 40.3 cm³/mol. The highest BCUT2D eigenvalue weighted by Crippen LogP contribution is 1.85. The summed E-state index contributed by atoms with van der Waals surface area (Å²) in [6, 6.07) is 3.85. The van der Waals surface area contributed by atoms with Gasteiger partial charge in [-0.25, -0.2) is 0 Å². The molecule has 1 heterocycles. The van der Waals surface area contributed by atoms with E-state index >= 15 is 0 Å². The Hall–Kier alpha value is -0.960. The molecule has 1 atom stereocenters. The number of aromatic nitrogens is 1. The minimum absolute atomic E-state index is 0.303. The van der Waals surface area contributed by atoms with E-state index in [1.54, 1.807) is 6.92 Å². The fourth-order valence-corrected chi connectivity index (χ4v) is 0.677. The number of hydrogen-bond donors (Lipinski definition) is 2. The standard InChI is InChI=1S/C7H12N2O/c1-7(10)6-8-9-4-2-3-5-9/h2-5,7-8,10H,6H2,1H3/t7-/m1/s1. The largest absolute Gasteiger partial charge is 0.392 e. The maximum atomic E-state index is 8.88. The molecule has 10 heavy (non-hydrogen) atoms. The van der Waals surface area contributed by atoms with E-state index in [0.29, 0.717) is 6.54 Å². The van der Waals surface area contributed by atoms with Crippen LogP contribution in [0.3, 0.4) is 0 Å². The molecule has 0 spiro atoms. The topological polar surface area (TPSA) is 37.2 Å².